The van der Waals surface area contributed by atoms with E-state index in [1.54, 1.807) is 24.9 Å². The summed E-state index contributed by atoms with van der Waals surface area (Å²) < 4.78 is 5.94. The van der Waals surface area contributed by atoms with E-state index in [4.69, 9.17) is 4.74 Å². The molecule has 7 heteroatoms. The third-order valence-corrected chi connectivity index (χ3v) is 6.43. The van der Waals surface area contributed by atoms with Gasteiger partial charge in [0.15, 0.2) is 4.34 Å². The number of benzene rings is 3. The minimum Gasteiger partial charge on any atom is -0.497 e. The van der Waals surface area contributed by atoms with Gasteiger partial charge in [0.25, 0.3) is 0 Å². The molecular weight excluding hydrogens is 414 g/mol. The smallest absolute Gasteiger partial charge is 0.250 e. The molecule has 4 rings (SSSR count). The molecule has 0 unspecified atom stereocenters. The van der Waals surface area contributed by atoms with Crippen molar-refractivity contribution in [3.05, 3.63) is 83.9 Å². The predicted molar refractivity (Wildman–Crippen MR) is 124 cm³/mol. The number of thioether (sulfide) groups is 1. The fourth-order valence-corrected chi connectivity index (χ4v) is 4.67. The van der Waals surface area contributed by atoms with Gasteiger partial charge < -0.3 is 4.74 Å². The topological polar surface area (TPSA) is 64.1 Å². The molecule has 1 amide bonds. The maximum Gasteiger partial charge on any atom is 0.250 e. The molecule has 5 nitrogen and oxygen atoms in total. The fraction of sp³-hybridized carbons (Fsp3) is 0.0870. The monoisotopic (exact) mass is 433 g/mol. The van der Waals surface area contributed by atoms with Crippen LogP contribution < -0.4 is 10.1 Å². The summed E-state index contributed by atoms with van der Waals surface area (Å²) in [5.74, 6) is 1.33. The second kappa shape index (κ2) is 9.56. The zero-order valence-corrected chi connectivity index (χ0v) is 17.9. The van der Waals surface area contributed by atoms with E-state index in [1.807, 2.05) is 30.3 Å². The number of ether oxygens (including phenoxy) is 1. The lowest BCUT2D eigenvalue weighted by atomic mass is 10.1. The second-order valence-corrected chi connectivity index (χ2v) is 8.60. The van der Waals surface area contributed by atoms with Crippen LogP contribution in [0.25, 0.3) is 16.8 Å². The highest BCUT2D eigenvalue weighted by atomic mass is 32.2. The first-order valence-corrected chi connectivity index (χ1v) is 11.1. The van der Waals surface area contributed by atoms with Crippen LogP contribution in [0.15, 0.2) is 77.1 Å². The number of carbonyl (C=O) groups is 1. The number of anilines is 1. The van der Waals surface area contributed by atoms with Crippen LogP contribution in [0.2, 0.25) is 0 Å². The van der Waals surface area contributed by atoms with Gasteiger partial charge in [0.05, 0.1) is 7.11 Å². The van der Waals surface area contributed by atoms with Gasteiger partial charge in [-0.1, -0.05) is 77.7 Å². The Bertz CT molecular complexity index is 1180. The average molecular weight is 434 g/mol. The van der Waals surface area contributed by atoms with Gasteiger partial charge in [-0.15, -0.1) is 10.2 Å². The van der Waals surface area contributed by atoms with Gasteiger partial charge in [0.2, 0.25) is 11.0 Å². The first kappa shape index (κ1) is 20.1. The van der Waals surface area contributed by atoms with Crippen molar-refractivity contribution in [1.82, 2.24) is 10.2 Å². The standard InChI is InChI=1S/C23H19N3O2S2/c1-28-19-12-9-16(10-13-19)11-14-21(27)24-22-25-26-23(30-22)29-15-18-7-4-6-17-5-2-3-8-20(17)18/h2-14H,15H2,1H3,(H,24,25,27). The van der Waals surface area contributed by atoms with Crippen LogP contribution in [0, 0.1) is 0 Å². The van der Waals surface area contributed by atoms with Crippen LogP contribution in [-0.4, -0.2) is 23.2 Å². The van der Waals surface area contributed by atoms with Crippen LogP contribution in [0.4, 0.5) is 5.13 Å². The summed E-state index contributed by atoms with van der Waals surface area (Å²) in [5, 5.41) is 14.0. The van der Waals surface area contributed by atoms with Crippen molar-refractivity contribution in [3.63, 3.8) is 0 Å². The molecule has 0 saturated carbocycles. The Morgan fingerprint density at radius 1 is 1.07 bits per heavy atom. The lowest BCUT2D eigenvalue weighted by Gasteiger charge is -2.04. The van der Waals surface area contributed by atoms with Gasteiger partial charge in [-0.05, 0) is 40.1 Å². The van der Waals surface area contributed by atoms with Gasteiger partial charge in [0, 0.05) is 11.8 Å². The van der Waals surface area contributed by atoms with Crippen molar-refractivity contribution in [1.29, 1.82) is 0 Å². The van der Waals surface area contributed by atoms with Crippen molar-refractivity contribution in [2.75, 3.05) is 12.4 Å². The molecule has 3 aromatic carbocycles. The first-order chi connectivity index (χ1) is 14.7. The number of nitrogens with zero attached hydrogens (tertiary/aromatic N) is 2. The van der Waals surface area contributed by atoms with Gasteiger partial charge in [-0.25, -0.2) is 0 Å². The van der Waals surface area contributed by atoms with E-state index < -0.39 is 0 Å². The second-order valence-electron chi connectivity index (χ2n) is 6.40. The molecule has 30 heavy (non-hydrogen) atoms. The first-order valence-electron chi connectivity index (χ1n) is 9.27. The molecule has 1 aromatic heterocycles. The molecule has 0 aliphatic heterocycles. The molecule has 0 radical (unpaired) electrons. The maximum atomic E-state index is 12.2. The lowest BCUT2D eigenvalue weighted by Crippen LogP contribution is -2.07. The largest absolute Gasteiger partial charge is 0.497 e. The van der Waals surface area contributed by atoms with Crippen molar-refractivity contribution in [2.45, 2.75) is 10.1 Å². The number of nitrogens with one attached hydrogen (secondary N) is 1. The molecule has 0 fully saturated rings. The predicted octanol–water partition coefficient (Wildman–Crippen LogP) is 5.64. The quantitative estimate of drug-likeness (QED) is 0.232. The lowest BCUT2D eigenvalue weighted by molar-refractivity contribution is -0.111. The Labute approximate surface area is 182 Å². The van der Waals surface area contributed by atoms with Gasteiger partial charge in [-0.2, -0.15) is 0 Å². The average Bonchev–Trinajstić information content (AvgIpc) is 3.23. The number of carbonyl (C=O) groups excluding carboxylic acids is 1. The zero-order valence-electron chi connectivity index (χ0n) is 16.2. The molecule has 0 bridgehead atoms. The number of fused-ring (bicyclic) bond motifs is 1. The molecule has 0 atom stereocenters. The van der Waals surface area contributed by atoms with E-state index in [0.29, 0.717) is 5.13 Å². The number of hydrogen-bond donors (Lipinski definition) is 1. The Balaban J connectivity index is 1.34. The summed E-state index contributed by atoms with van der Waals surface area (Å²) in [5.41, 5.74) is 2.16. The number of amides is 1. The summed E-state index contributed by atoms with van der Waals surface area (Å²) in [7, 11) is 1.62. The van der Waals surface area contributed by atoms with Crippen molar-refractivity contribution in [2.24, 2.45) is 0 Å². The normalized spacial score (nSPS) is 11.1. The highest BCUT2D eigenvalue weighted by molar-refractivity contribution is 8.00. The number of rotatable bonds is 7. The number of methoxy groups -OCH3 is 1. The molecule has 0 spiro atoms. The zero-order chi connectivity index (χ0) is 20.8. The van der Waals surface area contributed by atoms with Crippen LogP contribution in [0.1, 0.15) is 11.1 Å². The summed E-state index contributed by atoms with van der Waals surface area (Å²) in [4.78, 5) is 12.2. The molecule has 0 aliphatic rings. The third-order valence-electron chi connectivity index (χ3n) is 4.41. The van der Waals surface area contributed by atoms with Crippen molar-refractivity contribution in [3.8, 4) is 5.75 Å². The molecule has 150 valence electrons. The molecule has 4 aromatic rings. The van der Waals surface area contributed by atoms with Gasteiger partial charge in [0.1, 0.15) is 5.75 Å². The van der Waals surface area contributed by atoms with Crippen molar-refractivity contribution < 1.29 is 9.53 Å². The van der Waals surface area contributed by atoms with Crippen LogP contribution in [0.3, 0.4) is 0 Å². The molecule has 1 heterocycles. The Morgan fingerprint density at radius 2 is 1.87 bits per heavy atom. The summed E-state index contributed by atoms with van der Waals surface area (Å²) in [6.07, 6.45) is 3.22. The molecular formula is C23H19N3O2S2. The highest BCUT2D eigenvalue weighted by Crippen LogP contribution is 2.30. The molecule has 1 N–H and O–H groups in total. The van der Waals surface area contributed by atoms with E-state index in [0.717, 1.165) is 21.4 Å². The highest BCUT2D eigenvalue weighted by Gasteiger charge is 2.08. The third kappa shape index (κ3) is 5.06. The van der Waals surface area contributed by atoms with Crippen LogP contribution in [-0.2, 0) is 10.5 Å². The summed E-state index contributed by atoms with van der Waals surface area (Å²) >= 11 is 2.98. The van der Waals surface area contributed by atoms with Gasteiger partial charge >= 0.3 is 0 Å². The summed E-state index contributed by atoms with van der Waals surface area (Å²) in [6.45, 7) is 0. The molecule has 0 aliphatic carbocycles. The fourth-order valence-electron chi connectivity index (χ4n) is 2.91. The van der Waals surface area contributed by atoms with Crippen LogP contribution >= 0.6 is 23.1 Å². The Kier molecular flexibility index (Phi) is 6.41. The Hall–Kier alpha value is -3.16. The Morgan fingerprint density at radius 3 is 2.70 bits per heavy atom. The van der Waals surface area contributed by atoms with E-state index in [1.165, 1.54) is 33.7 Å². The minimum absolute atomic E-state index is 0.243. The van der Waals surface area contributed by atoms with E-state index in [-0.39, 0.29) is 5.91 Å². The van der Waals surface area contributed by atoms with E-state index in [2.05, 4.69) is 51.9 Å². The minimum atomic E-state index is -0.243. The summed E-state index contributed by atoms with van der Waals surface area (Å²) in [6, 6.07) is 22.1. The van der Waals surface area contributed by atoms with E-state index in [9.17, 15) is 4.79 Å². The van der Waals surface area contributed by atoms with Gasteiger partial charge in [-0.3, -0.25) is 10.1 Å². The van der Waals surface area contributed by atoms with E-state index >= 15 is 0 Å². The SMILES string of the molecule is COc1ccc(C=CC(=O)Nc2nnc(SCc3cccc4ccccc34)s2)cc1. The number of hydrogen-bond acceptors (Lipinski definition) is 6. The van der Waals surface area contributed by atoms with Crippen LogP contribution in [0.5, 0.6) is 5.75 Å². The maximum absolute atomic E-state index is 12.2. The molecule has 0 saturated heterocycles. The van der Waals surface area contributed by atoms with Crippen molar-refractivity contribution >= 4 is 51.0 Å². The number of aromatic nitrogens is 2.